The first-order chi connectivity index (χ1) is 16.1. The first-order valence-electron chi connectivity index (χ1n) is 12.3. The third-order valence-corrected chi connectivity index (χ3v) is 7.44. The summed E-state index contributed by atoms with van der Waals surface area (Å²) in [7, 11) is 1.66. The minimum atomic E-state index is 0.103. The summed E-state index contributed by atoms with van der Waals surface area (Å²) in [4.78, 5) is 27.2. The van der Waals surface area contributed by atoms with Gasteiger partial charge in [0.1, 0.15) is 17.4 Å². The van der Waals surface area contributed by atoms with E-state index < -0.39 is 0 Å². The van der Waals surface area contributed by atoms with Gasteiger partial charge in [-0.25, -0.2) is 9.97 Å². The first kappa shape index (κ1) is 22.1. The number of amides is 1. The number of allylic oxidation sites excluding steroid dienone is 2. The van der Waals surface area contributed by atoms with E-state index in [4.69, 9.17) is 14.7 Å². The van der Waals surface area contributed by atoms with Crippen molar-refractivity contribution in [2.24, 2.45) is 5.92 Å². The number of methoxy groups -OCH3 is 1. The van der Waals surface area contributed by atoms with E-state index in [0.717, 1.165) is 66.1 Å². The molecule has 1 aromatic carbocycles. The van der Waals surface area contributed by atoms with E-state index in [1.54, 1.807) is 7.11 Å². The zero-order valence-corrected chi connectivity index (χ0v) is 19.8. The molecule has 0 N–H and O–H groups in total. The highest BCUT2D eigenvalue weighted by Gasteiger charge is 2.33. The van der Waals surface area contributed by atoms with Crippen molar-refractivity contribution in [3.8, 4) is 5.75 Å². The molecule has 2 aliphatic heterocycles. The van der Waals surface area contributed by atoms with Crippen LogP contribution in [-0.4, -0.2) is 47.5 Å². The highest BCUT2D eigenvalue weighted by Crippen LogP contribution is 2.34. The van der Waals surface area contributed by atoms with Crippen molar-refractivity contribution in [1.29, 1.82) is 0 Å². The molecular weight excluding hydrogens is 412 g/mol. The molecule has 1 amide bonds. The van der Waals surface area contributed by atoms with Crippen LogP contribution in [0.2, 0.25) is 0 Å². The molecule has 0 radical (unpaired) electrons. The van der Waals surface area contributed by atoms with Crippen molar-refractivity contribution < 1.29 is 9.53 Å². The second-order valence-electron chi connectivity index (χ2n) is 9.70. The Kier molecular flexibility index (Phi) is 6.45. The van der Waals surface area contributed by atoms with Crippen LogP contribution < -0.4 is 9.64 Å². The third kappa shape index (κ3) is 4.81. The van der Waals surface area contributed by atoms with Crippen molar-refractivity contribution in [2.45, 2.75) is 57.9 Å². The average Bonchev–Trinajstić information content (AvgIpc) is 3.16. The lowest BCUT2D eigenvalue weighted by Gasteiger charge is -2.34. The van der Waals surface area contributed by atoms with Crippen LogP contribution in [0.3, 0.4) is 0 Å². The smallest absolute Gasteiger partial charge is 0.233 e. The van der Waals surface area contributed by atoms with Crippen LogP contribution in [0.25, 0.3) is 0 Å². The molecule has 33 heavy (non-hydrogen) atoms. The van der Waals surface area contributed by atoms with Crippen LogP contribution in [0.5, 0.6) is 5.75 Å². The molecule has 1 aromatic heterocycles. The molecule has 5 rings (SSSR count). The van der Waals surface area contributed by atoms with Gasteiger partial charge in [0.2, 0.25) is 5.91 Å². The highest BCUT2D eigenvalue weighted by molar-refractivity contribution is 6.00. The third-order valence-electron chi connectivity index (χ3n) is 7.44. The van der Waals surface area contributed by atoms with Crippen LogP contribution in [0.15, 0.2) is 36.4 Å². The number of nitrogens with zero attached hydrogens (tertiary/aromatic N) is 4. The molecule has 3 aliphatic rings. The number of fused-ring (bicyclic) bond motifs is 1. The number of aryl methyl sites for hydroxylation is 1. The summed E-state index contributed by atoms with van der Waals surface area (Å²) in [5.74, 6) is 3.83. The van der Waals surface area contributed by atoms with E-state index in [9.17, 15) is 4.79 Å². The summed E-state index contributed by atoms with van der Waals surface area (Å²) in [6.45, 7) is 5.99. The molecule has 6 heteroatoms. The molecule has 1 unspecified atom stereocenters. The minimum absolute atomic E-state index is 0.103. The SMILES string of the molecule is COc1ccc(CN2C(=O)Cc3c(C)nc(C4CCN(CC5CC=CCC5)CC4)nc32)cc1. The van der Waals surface area contributed by atoms with E-state index >= 15 is 0 Å². The minimum Gasteiger partial charge on any atom is -0.497 e. The standard InChI is InChI=1S/C27H34N4O2/c1-19-24-16-25(32)31(18-21-8-10-23(33-2)11-9-21)27(24)29-26(28-19)22-12-14-30(15-13-22)17-20-6-4-3-5-7-20/h3-4,8-11,20,22H,5-7,12-18H2,1-2H3. The van der Waals surface area contributed by atoms with Crippen molar-refractivity contribution in [3.05, 3.63) is 59.1 Å². The maximum Gasteiger partial charge on any atom is 0.233 e. The summed E-state index contributed by atoms with van der Waals surface area (Å²) in [5.41, 5.74) is 3.01. The van der Waals surface area contributed by atoms with Gasteiger partial charge in [0.15, 0.2) is 0 Å². The molecule has 174 valence electrons. The second-order valence-corrected chi connectivity index (χ2v) is 9.70. The Labute approximate surface area is 196 Å². The molecule has 1 saturated heterocycles. The Morgan fingerprint density at radius 2 is 1.85 bits per heavy atom. The fraction of sp³-hybridized carbons (Fsp3) is 0.519. The maximum atomic E-state index is 12.9. The van der Waals surface area contributed by atoms with Gasteiger partial charge in [0.05, 0.1) is 20.1 Å². The number of anilines is 1. The van der Waals surface area contributed by atoms with E-state index in [2.05, 4.69) is 17.1 Å². The van der Waals surface area contributed by atoms with Gasteiger partial charge in [0.25, 0.3) is 0 Å². The van der Waals surface area contributed by atoms with Gasteiger partial charge in [-0.15, -0.1) is 0 Å². The van der Waals surface area contributed by atoms with E-state index in [0.29, 0.717) is 18.9 Å². The Morgan fingerprint density at radius 3 is 2.55 bits per heavy atom. The topological polar surface area (TPSA) is 58.6 Å². The number of carbonyl (C=O) groups excluding carboxylic acids is 1. The van der Waals surface area contributed by atoms with Gasteiger partial charge in [-0.05, 0) is 75.7 Å². The fourth-order valence-electron chi connectivity index (χ4n) is 5.42. The van der Waals surface area contributed by atoms with Crippen LogP contribution in [-0.2, 0) is 17.8 Å². The van der Waals surface area contributed by atoms with E-state index in [-0.39, 0.29) is 5.91 Å². The molecule has 0 spiro atoms. The fourth-order valence-corrected chi connectivity index (χ4v) is 5.42. The Hall–Kier alpha value is -2.73. The normalized spacial score (nSPS) is 21.5. The summed E-state index contributed by atoms with van der Waals surface area (Å²) >= 11 is 0. The predicted octanol–water partition coefficient (Wildman–Crippen LogP) is 4.42. The molecule has 6 nitrogen and oxygen atoms in total. The Bertz CT molecular complexity index is 1030. The first-order valence-corrected chi connectivity index (χ1v) is 12.3. The quantitative estimate of drug-likeness (QED) is 0.615. The zero-order chi connectivity index (χ0) is 22.8. The average molecular weight is 447 g/mol. The summed E-state index contributed by atoms with van der Waals surface area (Å²) in [5, 5.41) is 0. The largest absolute Gasteiger partial charge is 0.497 e. The number of piperidine rings is 1. The number of aromatic nitrogens is 2. The summed E-state index contributed by atoms with van der Waals surface area (Å²) in [6, 6.07) is 7.89. The number of likely N-dealkylation sites (tertiary alicyclic amines) is 1. The number of benzene rings is 1. The number of hydrogen-bond acceptors (Lipinski definition) is 5. The van der Waals surface area contributed by atoms with Crippen LogP contribution in [0, 0.1) is 12.8 Å². The lowest BCUT2D eigenvalue weighted by molar-refractivity contribution is -0.117. The lowest BCUT2D eigenvalue weighted by atomic mass is 9.91. The number of ether oxygens (including phenoxy) is 1. The van der Waals surface area contributed by atoms with E-state index in [1.807, 2.05) is 36.1 Å². The molecule has 0 bridgehead atoms. The lowest BCUT2D eigenvalue weighted by Crippen LogP contribution is -2.37. The molecule has 1 fully saturated rings. The molecule has 1 aliphatic carbocycles. The van der Waals surface area contributed by atoms with Crippen molar-refractivity contribution in [2.75, 3.05) is 31.6 Å². The summed E-state index contributed by atoms with van der Waals surface area (Å²) < 4.78 is 5.26. The maximum absolute atomic E-state index is 12.9. The molecule has 0 saturated carbocycles. The van der Waals surface area contributed by atoms with Gasteiger partial charge >= 0.3 is 0 Å². The van der Waals surface area contributed by atoms with E-state index in [1.165, 1.54) is 25.8 Å². The zero-order valence-electron chi connectivity index (χ0n) is 19.8. The second kappa shape index (κ2) is 9.64. The molecule has 1 atom stereocenters. The molecule has 2 aromatic rings. The van der Waals surface area contributed by atoms with Gasteiger partial charge in [0, 0.05) is 23.7 Å². The van der Waals surface area contributed by atoms with Crippen molar-refractivity contribution in [3.63, 3.8) is 0 Å². The predicted molar refractivity (Wildman–Crippen MR) is 130 cm³/mol. The molecular formula is C27H34N4O2. The number of carbonyl (C=O) groups is 1. The van der Waals surface area contributed by atoms with Gasteiger partial charge in [-0.3, -0.25) is 9.69 Å². The van der Waals surface area contributed by atoms with Crippen molar-refractivity contribution >= 4 is 11.7 Å². The van der Waals surface area contributed by atoms with Crippen LogP contribution in [0.4, 0.5) is 5.82 Å². The summed E-state index contributed by atoms with van der Waals surface area (Å²) in [6.07, 6.45) is 11.0. The van der Waals surface area contributed by atoms with Gasteiger partial charge in [-0.2, -0.15) is 0 Å². The van der Waals surface area contributed by atoms with Crippen LogP contribution in [0.1, 0.15) is 60.7 Å². The highest BCUT2D eigenvalue weighted by atomic mass is 16.5. The Balaban J connectivity index is 1.28. The van der Waals surface area contributed by atoms with Gasteiger partial charge in [-0.1, -0.05) is 24.3 Å². The van der Waals surface area contributed by atoms with Crippen molar-refractivity contribution in [1.82, 2.24) is 14.9 Å². The van der Waals surface area contributed by atoms with Crippen LogP contribution >= 0.6 is 0 Å². The monoisotopic (exact) mass is 446 g/mol. The Morgan fingerprint density at radius 1 is 1.06 bits per heavy atom. The van der Waals surface area contributed by atoms with Gasteiger partial charge < -0.3 is 9.64 Å². The molecule has 3 heterocycles. The number of hydrogen-bond donors (Lipinski definition) is 0. The number of rotatable bonds is 6.